The summed E-state index contributed by atoms with van der Waals surface area (Å²) in [5.74, 6) is 0.488. The highest BCUT2D eigenvalue weighted by Gasteiger charge is 2.23. The number of hydrogen-bond acceptors (Lipinski definition) is 5. The number of piperazine rings is 1. The maximum Gasteiger partial charge on any atom is 0.127 e. The van der Waals surface area contributed by atoms with E-state index in [4.69, 9.17) is 5.73 Å². The van der Waals surface area contributed by atoms with E-state index in [2.05, 4.69) is 46.2 Å². The number of allylic oxidation sites excluding steroid dienone is 1. The summed E-state index contributed by atoms with van der Waals surface area (Å²) < 4.78 is 13.7. The summed E-state index contributed by atoms with van der Waals surface area (Å²) in [6.45, 7) is 8.74. The van der Waals surface area contributed by atoms with Gasteiger partial charge in [-0.15, -0.1) is 0 Å². The molecule has 1 aliphatic heterocycles. The lowest BCUT2D eigenvalue weighted by Crippen LogP contribution is -2.46. The number of likely N-dealkylation sites (N-methyl/N-ethyl adjacent to an activating group) is 1. The molecular weight excluding hydrogens is 377 g/mol. The van der Waals surface area contributed by atoms with Crippen molar-refractivity contribution in [1.29, 1.82) is 0 Å². The molecule has 1 aromatic carbocycles. The molecule has 1 fully saturated rings. The van der Waals surface area contributed by atoms with Gasteiger partial charge in [-0.3, -0.25) is 4.90 Å². The number of fused-ring (bicyclic) bond motifs is 1. The molecule has 0 amide bonds. The molecule has 2 unspecified atom stereocenters. The van der Waals surface area contributed by atoms with Crippen LogP contribution in [0.15, 0.2) is 36.5 Å². The summed E-state index contributed by atoms with van der Waals surface area (Å²) in [5, 5.41) is 3.66. The van der Waals surface area contributed by atoms with Gasteiger partial charge in [0, 0.05) is 63.0 Å². The standard InChI is InChI=1S/C24H32FN5/c1-17(27-8-9-30-12-10-29(2)11-13-30)23-16-28-24(26)22-15-19(6-7-21(22)23)18-4-3-5-20(25)14-18/h3-7,14,16-17,19,27H,8-13,15H2,1-2H3,(H2,26,28). The number of pyridine rings is 1. The van der Waals surface area contributed by atoms with E-state index in [0.717, 1.165) is 62.4 Å². The number of aromatic nitrogens is 1. The second-order valence-corrected chi connectivity index (χ2v) is 8.54. The van der Waals surface area contributed by atoms with Crippen LogP contribution in [-0.4, -0.2) is 61.1 Å². The third kappa shape index (κ3) is 4.72. The van der Waals surface area contributed by atoms with Gasteiger partial charge < -0.3 is 16.0 Å². The zero-order valence-electron chi connectivity index (χ0n) is 17.9. The molecule has 6 heteroatoms. The predicted molar refractivity (Wildman–Crippen MR) is 121 cm³/mol. The highest BCUT2D eigenvalue weighted by atomic mass is 19.1. The van der Waals surface area contributed by atoms with Gasteiger partial charge in [-0.2, -0.15) is 0 Å². The lowest BCUT2D eigenvalue weighted by Gasteiger charge is -2.32. The molecule has 30 heavy (non-hydrogen) atoms. The van der Waals surface area contributed by atoms with Crippen molar-refractivity contribution in [3.05, 3.63) is 64.6 Å². The first-order valence-electron chi connectivity index (χ1n) is 10.9. The summed E-state index contributed by atoms with van der Waals surface area (Å²) in [4.78, 5) is 9.37. The maximum atomic E-state index is 13.7. The van der Waals surface area contributed by atoms with Crippen molar-refractivity contribution in [2.24, 2.45) is 0 Å². The molecule has 2 aliphatic rings. The van der Waals surface area contributed by atoms with E-state index >= 15 is 0 Å². The van der Waals surface area contributed by atoms with E-state index in [9.17, 15) is 4.39 Å². The van der Waals surface area contributed by atoms with Crippen LogP contribution in [0.2, 0.25) is 0 Å². The number of nitrogens with one attached hydrogen (secondary N) is 1. The number of nitrogen functional groups attached to an aromatic ring is 1. The zero-order valence-corrected chi connectivity index (χ0v) is 17.9. The van der Waals surface area contributed by atoms with Crippen molar-refractivity contribution in [2.75, 3.05) is 52.0 Å². The van der Waals surface area contributed by atoms with E-state index in [1.165, 1.54) is 11.6 Å². The van der Waals surface area contributed by atoms with E-state index in [1.54, 1.807) is 12.1 Å². The van der Waals surface area contributed by atoms with Crippen LogP contribution in [0.1, 0.15) is 41.1 Å². The summed E-state index contributed by atoms with van der Waals surface area (Å²) in [5.41, 5.74) is 10.6. The SMILES string of the molecule is CC(NCCN1CCN(C)CC1)c1cnc(N)c2c1C=CC(c1cccc(F)c1)C2. The zero-order chi connectivity index (χ0) is 21.1. The van der Waals surface area contributed by atoms with Gasteiger partial charge >= 0.3 is 0 Å². The van der Waals surface area contributed by atoms with Crippen LogP contribution >= 0.6 is 0 Å². The number of nitrogens with two attached hydrogens (primary N) is 1. The van der Waals surface area contributed by atoms with Gasteiger partial charge in [0.25, 0.3) is 0 Å². The number of benzene rings is 1. The second-order valence-electron chi connectivity index (χ2n) is 8.54. The Hall–Kier alpha value is -2.28. The van der Waals surface area contributed by atoms with Crippen molar-refractivity contribution < 1.29 is 4.39 Å². The average Bonchev–Trinajstić information content (AvgIpc) is 2.75. The summed E-state index contributed by atoms with van der Waals surface area (Å²) in [7, 11) is 2.18. The minimum absolute atomic E-state index is 0.119. The van der Waals surface area contributed by atoms with E-state index in [-0.39, 0.29) is 17.8 Å². The number of halogens is 1. The van der Waals surface area contributed by atoms with Crippen LogP contribution in [0.25, 0.3) is 6.08 Å². The molecule has 0 bridgehead atoms. The molecule has 1 aromatic heterocycles. The smallest absolute Gasteiger partial charge is 0.127 e. The van der Waals surface area contributed by atoms with Gasteiger partial charge in [0.2, 0.25) is 0 Å². The molecule has 0 spiro atoms. The molecular formula is C24H32FN5. The Morgan fingerprint density at radius 3 is 2.83 bits per heavy atom. The monoisotopic (exact) mass is 409 g/mol. The van der Waals surface area contributed by atoms with Crippen molar-refractivity contribution >= 4 is 11.9 Å². The third-order valence-electron chi connectivity index (χ3n) is 6.43. The second kappa shape index (κ2) is 9.25. The van der Waals surface area contributed by atoms with Crippen LogP contribution in [0.5, 0.6) is 0 Å². The van der Waals surface area contributed by atoms with Gasteiger partial charge in [-0.25, -0.2) is 9.37 Å². The van der Waals surface area contributed by atoms with E-state index < -0.39 is 0 Å². The Balaban J connectivity index is 1.43. The lowest BCUT2D eigenvalue weighted by atomic mass is 9.83. The average molecular weight is 410 g/mol. The van der Waals surface area contributed by atoms with E-state index in [0.29, 0.717) is 5.82 Å². The normalized spacial score (nSPS) is 20.8. The molecule has 1 aliphatic carbocycles. The number of rotatable bonds is 6. The van der Waals surface area contributed by atoms with Crippen LogP contribution < -0.4 is 11.1 Å². The molecule has 0 saturated carbocycles. The Kier molecular flexibility index (Phi) is 6.46. The van der Waals surface area contributed by atoms with Crippen LogP contribution in [0.4, 0.5) is 10.2 Å². The highest BCUT2D eigenvalue weighted by molar-refractivity contribution is 5.67. The van der Waals surface area contributed by atoms with Crippen molar-refractivity contribution in [3.63, 3.8) is 0 Å². The molecule has 5 nitrogen and oxygen atoms in total. The Labute approximate surface area is 178 Å². The third-order valence-corrected chi connectivity index (χ3v) is 6.43. The van der Waals surface area contributed by atoms with Crippen molar-refractivity contribution in [3.8, 4) is 0 Å². The fraction of sp³-hybridized carbons (Fsp3) is 0.458. The Morgan fingerprint density at radius 2 is 2.07 bits per heavy atom. The molecule has 1 saturated heterocycles. The quantitative estimate of drug-likeness (QED) is 0.768. The molecule has 4 rings (SSSR count). The lowest BCUT2D eigenvalue weighted by molar-refractivity contribution is 0.154. The van der Waals surface area contributed by atoms with Gasteiger partial charge in [0.05, 0.1) is 0 Å². The highest BCUT2D eigenvalue weighted by Crippen LogP contribution is 2.35. The fourth-order valence-electron chi connectivity index (χ4n) is 4.44. The van der Waals surface area contributed by atoms with E-state index in [1.807, 2.05) is 12.3 Å². The van der Waals surface area contributed by atoms with Gasteiger partial charge in [-0.05, 0) is 49.2 Å². The summed E-state index contributed by atoms with van der Waals surface area (Å²) in [6, 6.07) is 7.01. The molecule has 2 aromatic rings. The summed E-state index contributed by atoms with van der Waals surface area (Å²) >= 11 is 0. The topological polar surface area (TPSA) is 57.4 Å². The van der Waals surface area contributed by atoms with Crippen LogP contribution in [-0.2, 0) is 6.42 Å². The van der Waals surface area contributed by atoms with Gasteiger partial charge in [-0.1, -0.05) is 24.3 Å². The first kappa shape index (κ1) is 21.0. The predicted octanol–water partition coefficient (Wildman–Crippen LogP) is 3.05. The fourth-order valence-corrected chi connectivity index (χ4v) is 4.44. The molecule has 2 heterocycles. The summed E-state index contributed by atoms with van der Waals surface area (Å²) in [6.07, 6.45) is 6.95. The number of nitrogens with zero attached hydrogens (tertiary/aromatic N) is 3. The first-order valence-corrected chi connectivity index (χ1v) is 10.9. The largest absolute Gasteiger partial charge is 0.383 e. The molecule has 160 valence electrons. The number of anilines is 1. The van der Waals surface area contributed by atoms with Gasteiger partial charge in [0.15, 0.2) is 0 Å². The Bertz CT molecular complexity index is 904. The van der Waals surface area contributed by atoms with Crippen LogP contribution in [0.3, 0.4) is 0 Å². The van der Waals surface area contributed by atoms with Crippen molar-refractivity contribution in [1.82, 2.24) is 20.1 Å². The van der Waals surface area contributed by atoms with Gasteiger partial charge in [0.1, 0.15) is 11.6 Å². The molecule has 0 radical (unpaired) electrons. The first-order chi connectivity index (χ1) is 14.5. The maximum absolute atomic E-state index is 13.7. The minimum atomic E-state index is -0.204. The molecule has 3 N–H and O–H groups in total. The molecule has 2 atom stereocenters. The minimum Gasteiger partial charge on any atom is -0.383 e. The Morgan fingerprint density at radius 1 is 1.27 bits per heavy atom. The van der Waals surface area contributed by atoms with Crippen LogP contribution in [0, 0.1) is 5.82 Å². The van der Waals surface area contributed by atoms with Crippen molar-refractivity contribution in [2.45, 2.75) is 25.3 Å². The number of hydrogen-bond donors (Lipinski definition) is 2.